The van der Waals surface area contributed by atoms with E-state index in [-0.39, 0.29) is 6.61 Å². The third-order valence-electron chi connectivity index (χ3n) is 1.47. The highest BCUT2D eigenvalue weighted by Crippen LogP contribution is 2.07. The molecule has 0 radical (unpaired) electrons. The van der Waals surface area contributed by atoms with E-state index in [0.29, 0.717) is 0 Å². The first-order valence-electron chi connectivity index (χ1n) is 3.56. The Kier molecular flexibility index (Phi) is 2.97. The van der Waals surface area contributed by atoms with Crippen molar-refractivity contribution in [2.75, 3.05) is 6.61 Å². The summed E-state index contributed by atoms with van der Waals surface area (Å²) in [5, 5.41) is 8.62. The van der Waals surface area contributed by atoms with Crippen molar-refractivity contribution >= 4 is 0 Å². The lowest BCUT2D eigenvalue weighted by Gasteiger charge is -1.94. The van der Waals surface area contributed by atoms with Gasteiger partial charge >= 0.3 is 0 Å². The average Bonchev–Trinajstić information content (AvgIpc) is 2.17. The van der Waals surface area contributed by atoms with Crippen molar-refractivity contribution in [3.05, 3.63) is 36.0 Å². The van der Waals surface area contributed by atoms with Gasteiger partial charge in [-0.25, -0.2) is 0 Å². The zero-order valence-corrected chi connectivity index (χ0v) is 5.96. The molecule has 0 fully saturated rings. The first kappa shape index (κ1) is 7.29. The maximum Gasteiger partial charge on any atom is 0.0471 e. The van der Waals surface area contributed by atoms with Crippen LogP contribution in [0.15, 0.2) is 36.0 Å². The zero-order chi connectivity index (χ0) is 7.23. The third kappa shape index (κ3) is 2.19. The minimum atomic E-state index is 0.246. The third-order valence-corrected chi connectivity index (χ3v) is 1.47. The molecule has 54 valence electrons. The Hall–Kier alpha value is -0.820. The van der Waals surface area contributed by atoms with Crippen molar-refractivity contribution in [3.8, 4) is 0 Å². The maximum atomic E-state index is 8.62. The smallest absolute Gasteiger partial charge is 0.0471 e. The van der Waals surface area contributed by atoms with Crippen LogP contribution in [-0.4, -0.2) is 11.7 Å². The lowest BCUT2D eigenvalue weighted by molar-refractivity contribution is 0.300. The van der Waals surface area contributed by atoms with Crippen LogP contribution in [0.4, 0.5) is 0 Å². The Bertz CT molecular complexity index is 175. The topological polar surface area (TPSA) is 20.2 Å². The second-order valence-corrected chi connectivity index (χ2v) is 2.28. The molecule has 0 amide bonds. The van der Waals surface area contributed by atoms with E-state index in [4.69, 9.17) is 5.11 Å². The molecule has 0 aromatic rings. The van der Waals surface area contributed by atoms with Gasteiger partial charge in [-0.2, -0.15) is 0 Å². The van der Waals surface area contributed by atoms with Crippen LogP contribution in [0.1, 0.15) is 12.8 Å². The Labute approximate surface area is 61.4 Å². The number of allylic oxidation sites excluding steroid dienone is 5. The standard InChI is InChI=1S/C9H12O/c10-8-7-9-5-3-1-2-4-6-9/h1-3,5-6,10H,4,7-8H2. The summed E-state index contributed by atoms with van der Waals surface area (Å²) in [6.07, 6.45) is 12.1. The van der Waals surface area contributed by atoms with Crippen molar-refractivity contribution in [3.63, 3.8) is 0 Å². The molecular formula is C9H12O. The van der Waals surface area contributed by atoms with Gasteiger partial charge in [-0.05, 0) is 18.4 Å². The lowest BCUT2D eigenvalue weighted by atomic mass is 10.1. The van der Waals surface area contributed by atoms with Crippen LogP contribution in [0.3, 0.4) is 0 Å². The summed E-state index contributed by atoms with van der Waals surface area (Å²) in [5.74, 6) is 0. The summed E-state index contributed by atoms with van der Waals surface area (Å²) in [4.78, 5) is 0. The fourth-order valence-corrected chi connectivity index (χ4v) is 0.938. The van der Waals surface area contributed by atoms with Crippen molar-refractivity contribution in [2.45, 2.75) is 12.8 Å². The molecular weight excluding hydrogens is 124 g/mol. The van der Waals surface area contributed by atoms with Crippen molar-refractivity contribution in [1.29, 1.82) is 0 Å². The van der Waals surface area contributed by atoms with Crippen molar-refractivity contribution in [2.24, 2.45) is 0 Å². The highest BCUT2D eigenvalue weighted by Gasteiger charge is 1.90. The lowest BCUT2D eigenvalue weighted by Crippen LogP contribution is -1.84. The zero-order valence-electron chi connectivity index (χ0n) is 5.96. The number of aliphatic hydroxyl groups is 1. The van der Waals surface area contributed by atoms with Crippen molar-refractivity contribution < 1.29 is 5.11 Å². The predicted octanol–water partition coefficient (Wildman–Crippen LogP) is 1.81. The van der Waals surface area contributed by atoms with Gasteiger partial charge in [0.15, 0.2) is 0 Å². The Morgan fingerprint density at radius 2 is 2.30 bits per heavy atom. The number of hydrogen-bond donors (Lipinski definition) is 1. The van der Waals surface area contributed by atoms with Crippen LogP contribution in [0.25, 0.3) is 0 Å². The molecule has 0 saturated heterocycles. The van der Waals surface area contributed by atoms with Crippen LogP contribution in [0.5, 0.6) is 0 Å². The Morgan fingerprint density at radius 1 is 1.40 bits per heavy atom. The molecule has 10 heavy (non-hydrogen) atoms. The highest BCUT2D eigenvalue weighted by molar-refractivity contribution is 5.26. The number of rotatable bonds is 2. The molecule has 0 aromatic heterocycles. The molecule has 0 aliphatic heterocycles. The molecule has 1 nitrogen and oxygen atoms in total. The van der Waals surface area contributed by atoms with Gasteiger partial charge in [0.05, 0.1) is 0 Å². The first-order valence-corrected chi connectivity index (χ1v) is 3.56. The van der Waals surface area contributed by atoms with Gasteiger partial charge in [0, 0.05) is 6.61 Å². The average molecular weight is 136 g/mol. The molecule has 1 rings (SSSR count). The maximum absolute atomic E-state index is 8.62. The van der Waals surface area contributed by atoms with E-state index < -0.39 is 0 Å². The highest BCUT2D eigenvalue weighted by atomic mass is 16.2. The second-order valence-electron chi connectivity index (χ2n) is 2.28. The molecule has 1 N–H and O–H groups in total. The summed E-state index contributed by atoms with van der Waals surface area (Å²) in [7, 11) is 0. The largest absolute Gasteiger partial charge is 0.396 e. The van der Waals surface area contributed by atoms with Gasteiger partial charge in [0.25, 0.3) is 0 Å². The monoisotopic (exact) mass is 136 g/mol. The summed E-state index contributed by atoms with van der Waals surface area (Å²) < 4.78 is 0. The van der Waals surface area contributed by atoms with Gasteiger partial charge in [-0.15, -0.1) is 0 Å². The fraction of sp³-hybridized carbons (Fsp3) is 0.333. The molecule has 1 aliphatic rings. The Balaban J connectivity index is 2.51. The molecule has 1 aliphatic carbocycles. The van der Waals surface area contributed by atoms with E-state index in [1.807, 2.05) is 18.2 Å². The normalized spacial score (nSPS) is 16.7. The predicted molar refractivity (Wildman–Crippen MR) is 42.7 cm³/mol. The molecule has 0 saturated carbocycles. The van der Waals surface area contributed by atoms with E-state index in [9.17, 15) is 0 Å². The Morgan fingerprint density at radius 3 is 3.10 bits per heavy atom. The van der Waals surface area contributed by atoms with E-state index >= 15 is 0 Å². The SMILES string of the molecule is OCCC1=CCC=CC=C1. The first-order chi connectivity index (χ1) is 4.93. The molecule has 0 spiro atoms. The second kappa shape index (κ2) is 4.07. The summed E-state index contributed by atoms with van der Waals surface area (Å²) in [6.45, 7) is 0.246. The van der Waals surface area contributed by atoms with Crippen LogP contribution >= 0.6 is 0 Å². The number of aliphatic hydroxyl groups excluding tert-OH is 1. The summed E-state index contributed by atoms with van der Waals surface area (Å²) in [6, 6.07) is 0. The minimum Gasteiger partial charge on any atom is -0.396 e. The molecule has 0 aromatic carbocycles. The van der Waals surface area contributed by atoms with E-state index in [2.05, 4.69) is 12.2 Å². The molecule has 1 heteroatoms. The minimum absolute atomic E-state index is 0.246. The van der Waals surface area contributed by atoms with Gasteiger partial charge in [-0.3, -0.25) is 0 Å². The van der Waals surface area contributed by atoms with E-state index in [1.165, 1.54) is 5.57 Å². The van der Waals surface area contributed by atoms with E-state index in [1.54, 1.807) is 0 Å². The van der Waals surface area contributed by atoms with Crippen molar-refractivity contribution in [1.82, 2.24) is 0 Å². The molecule has 0 atom stereocenters. The van der Waals surface area contributed by atoms with E-state index in [0.717, 1.165) is 12.8 Å². The van der Waals surface area contributed by atoms with Crippen LogP contribution in [-0.2, 0) is 0 Å². The van der Waals surface area contributed by atoms with Gasteiger partial charge < -0.3 is 5.11 Å². The van der Waals surface area contributed by atoms with Crippen LogP contribution < -0.4 is 0 Å². The van der Waals surface area contributed by atoms with Gasteiger partial charge in [-0.1, -0.05) is 30.4 Å². The van der Waals surface area contributed by atoms with Gasteiger partial charge in [0.2, 0.25) is 0 Å². The molecule has 0 bridgehead atoms. The fourth-order valence-electron chi connectivity index (χ4n) is 0.938. The molecule has 0 heterocycles. The summed E-state index contributed by atoms with van der Waals surface area (Å²) in [5.41, 5.74) is 1.23. The van der Waals surface area contributed by atoms with Crippen LogP contribution in [0, 0.1) is 0 Å². The molecule has 0 unspecified atom stereocenters. The number of hydrogen-bond acceptors (Lipinski definition) is 1. The van der Waals surface area contributed by atoms with Gasteiger partial charge in [0.1, 0.15) is 0 Å². The summed E-state index contributed by atoms with van der Waals surface area (Å²) >= 11 is 0. The van der Waals surface area contributed by atoms with Crippen LogP contribution in [0.2, 0.25) is 0 Å². The quantitative estimate of drug-likeness (QED) is 0.613.